The Balaban J connectivity index is 3.53. The van der Waals surface area contributed by atoms with Crippen LogP contribution in [0, 0.1) is 0 Å². The van der Waals surface area contributed by atoms with Crippen LogP contribution in [0.4, 0.5) is 0 Å². The van der Waals surface area contributed by atoms with Crippen molar-refractivity contribution in [1.82, 2.24) is 0 Å². The molecule has 0 aliphatic rings. The normalized spacial score (nSPS) is 13.5. The summed E-state index contributed by atoms with van der Waals surface area (Å²) in [7, 11) is 1.41. The van der Waals surface area contributed by atoms with Gasteiger partial charge in [0.05, 0.1) is 7.11 Å². The number of carbonyl (C=O) groups is 1. The molecule has 0 aromatic heterocycles. The van der Waals surface area contributed by atoms with E-state index >= 15 is 0 Å². The van der Waals surface area contributed by atoms with E-state index in [4.69, 9.17) is 0 Å². The van der Waals surface area contributed by atoms with Crippen molar-refractivity contribution >= 4 is 37.8 Å². The van der Waals surface area contributed by atoms with E-state index < -0.39 is 0 Å². The number of carbonyl (C=O) groups excluding carboxylic acids is 1. The summed E-state index contributed by atoms with van der Waals surface area (Å²) in [5.74, 6) is -0.274. The smallest absolute Gasteiger partial charge is 0.333 e. The van der Waals surface area contributed by atoms with Crippen molar-refractivity contribution in [2.24, 2.45) is 0 Å². The monoisotopic (exact) mass is 466 g/mol. The molecule has 2 atom stereocenters. The summed E-state index contributed by atoms with van der Waals surface area (Å²) in [6.07, 6.45) is 16.1. The molecular weight excluding hydrogens is 432 g/mol. The fourth-order valence-corrected chi connectivity index (χ4v) is 3.94. The predicted octanol–water partition coefficient (Wildman–Crippen LogP) is 7.33. The lowest BCUT2D eigenvalue weighted by Gasteiger charge is -2.16. The second-order valence-corrected chi connectivity index (χ2v) is 8.99. The van der Waals surface area contributed by atoms with Crippen LogP contribution in [0.5, 0.6) is 0 Å². The topological polar surface area (TPSA) is 26.3 Å². The van der Waals surface area contributed by atoms with Gasteiger partial charge in [-0.05, 0) is 25.7 Å². The second kappa shape index (κ2) is 16.6. The third-order valence-electron chi connectivity index (χ3n) is 4.41. The van der Waals surface area contributed by atoms with Gasteiger partial charge in [0.2, 0.25) is 0 Å². The van der Waals surface area contributed by atoms with Crippen molar-refractivity contribution in [3.63, 3.8) is 0 Å². The average Bonchev–Trinajstić information content (AvgIpc) is 2.59. The van der Waals surface area contributed by atoms with Crippen molar-refractivity contribution in [2.45, 2.75) is 100 Å². The summed E-state index contributed by atoms with van der Waals surface area (Å²) in [5, 5.41) is 0. The Bertz CT molecular complexity index is 332. The quantitative estimate of drug-likeness (QED) is 0.103. The highest BCUT2D eigenvalue weighted by Crippen LogP contribution is 2.25. The molecule has 0 aliphatic carbocycles. The van der Waals surface area contributed by atoms with E-state index in [2.05, 4.69) is 50.1 Å². The molecule has 0 radical (unpaired) electrons. The number of unbranched alkanes of at least 4 members (excludes halogenated alkanes) is 8. The first kappa shape index (κ1) is 24.2. The highest BCUT2D eigenvalue weighted by atomic mass is 79.9. The minimum Gasteiger partial charge on any atom is -0.466 e. The summed E-state index contributed by atoms with van der Waals surface area (Å²) in [6, 6.07) is 0. The zero-order chi connectivity index (χ0) is 18.2. The molecule has 24 heavy (non-hydrogen) atoms. The molecule has 0 heterocycles. The van der Waals surface area contributed by atoms with E-state index in [-0.39, 0.29) is 5.97 Å². The van der Waals surface area contributed by atoms with E-state index in [0.29, 0.717) is 15.2 Å². The van der Waals surface area contributed by atoms with Gasteiger partial charge in [-0.2, -0.15) is 0 Å². The molecule has 2 unspecified atom stereocenters. The molecule has 0 saturated carbocycles. The molecular formula is C20H36Br2O2. The Morgan fingerprint density at radius 3 is 1.83 bits per heavy atom. The van der Waals surface area contributed by atoms with Crippen LogP contribution in [0.2, 0.25) is 0 Å². The van der Waals surface area contributed by atoms with Gasteiger partial charge in [-0.3, -0.25) is 0 Å². The maximum Gasteiger partial charge on any atom is 0.333 e. The Labute approximate surface area is 166 Å². The summed E-state index contributed by atoms with van der Waals surface area (Å²) >= 11 is 7.66. The Hall–Kier alpha value is 0.170. The van der Waals surface area contributed by atoms with E-state index in [1.54, 1.807) is 0 Å². The van der Waals surface area contributed by atoms with E-state index in [1.807, 2.05) is 0 Å². The van der Waals surface area contributed by atoms with Crippen LogP contribution in [-0.2, 0) is 9.53 Å². The highest BCUT2D eigenvalue weighted by Gasteiger charge is 2.15. The molecule has 0 bridgehead atoms. The number of alkyl halides is 2. The number of halogens is 2. The lowest BCUT2D eigenvalue weighted by Crippen LogP contribution is -2.13. The Kier molecular flexibility index (Phi) is 16.7. The zero-order valence-electron chi connectivity index (χ0n) is 15.6. The first-order valence-electron chi connectivity index (χ1n) is 9.57. The summed E-state index contributed by atoms with van der Waals surface area (Å²) in [6.45, 7) is 6.03. The molecule has 4 heteroatoms. The summed E-state index contributed by atoms with van der Waals surface area (Å²) in [5.41, 5.74) is 0.588. The third-order valence-corrected chi connectivity index (χ3v) is 7.31. The number of hydrogen-bond acceptors (Lipinski definition) is 2. The van der Waals surface area contributed by atoms with Gasteiger partial charge in [0.1, 0.15) is 0 Å². The minimum atomic E-state index is -0.274. The summed E-state index contributed by atoms with van der Waals surface area (Å²) < 4.78 is 4.66. The van der Waals surface area contributed by atoms with Crippen LogP contribution in [0.3, 0.4) is 0 Å². The van der Waals surface area contributed by atoms with Crippen LogP contribution < -0.4 is 0 Å². The summed E-state index contributed by atoms with van der Waals surface area (Å²) in [4.78, 5) is 12.3. The van der Waals surface area contributed by atoms with Gasteiger partial charge < -0.3 is 4.74 Å². The molecule has 0 spiro atoms. The van der Waals surface area contributed by atoms with Crippen molar-refractivity contribution in [3.8, 4) is 0 Å². The number of hydrogen-bond donors (Lipinski definition) is 0. The first-order valence-corrected chi connectivity index (χ1v) is 11.4. The van der Waals surface area contributed by atoms with Crippen molar-refractivity contribution < 1.29 is 9.53 Å². The number of ether oxygens (including phenoxy) is 1. The molecule has 0 fully saturated rings. The number of methoxy groups -OCH3 is 1. The molecule has 2 nitrogen and oxygen atoms in total. The standard InChI is InChI=1S/C20H36Br2O2/c1-4-5-6-7-8-9-12-15-18(21)19(22)16-13-10-11-14-17(2)20(23)24-3/h18-19H,2,4-16H2,1,3H3. The molecule has 0 saturated heterocycles. The molecule has 0 amide bonds. The fourth-order valence-electron chi connectivity index (χ4n) is 2.76. The number of esters is 1. The van der Waals surface area contributed by atoms with Crippen molar-refractivity contribution in [3.05, 3.63) is 12.2 Å². The third kappa shape index (κ3) is 13.5. The molecule has 142 valence electrons. The predicted molar refractivity (Wildman–Crippen MR) is 112 cm³/mol. The highest BCUT2D eigenvalue weighted by molar-refractivity contribution is 9.12. The number of rotatable bonds is 16. The fraction of sp³-hybridized carbons (Fsp3) is 0.850. The van der Waals surface area contributed by atoms with Crippen LogP contribution in [0.25, 0.3) is 0 Å². The van der Waals surface area contributed by atoms with E-state index in [0.717, 1.165) is 19.3 Å². The zero-order valence-corrected chi connectivity index (χ0v) is 18.8. The van der Waals surface area contributed by atoms with E-state index in [9.17, 15) is 4.79 Å². The van der Waals surface area contributed by atoms with Gasteiger partial charge in [-0.15, -0.1) is 0 Å². The van der Waals surface area contributed by atoms with Gasteiger partial charge in [0.15, 0.2) is 0 Å². The van der Waals surface area contributed by atoms with Gasteiger partial charge in [0, 0.05) is 15.2 Å². The second-order valence-electron chi connectivity index (χ2n) is 6.64. The van der Waals surface area contributed by atoms with Gasteiger partial charge in [-0.1, -0.05) is 103 Å². The maximum atomic E-state index is 11.2. The molecule has 0 aliphatic heterocycles. The van der Waals surface area contributed by atoms with Crippen molar-refractivity contribution in [2.75, 3.05) is 7.11 Å². The van der Waals surface area contributed by atoms with Crippen LogP contribution in [0.15, 0.2) is 12.2 Å². The lowest BCUT2D eigenvalue weighted by atomic mass is 10.0. The van der Waals surface area contributed by atoms with Gasteiger partial charge in [-0.25, -0.2) is 4.79 Å². The van der Waals surface area contributed by atoms with Crippen LogP contribution >= 0.6 is 31.9 Å². The minimum absolute atomic E-state index is 0.274. The molecule has 0 rings (SSSR count). The SMILES string of the molecule is C=C(CCCCCC(Br)C(Br)CCCCCCCCC)C(=O)OC. The largest absolute Gasteiger partial charge is 0.466 e. The average molecular weight is 468 g/mol. The molecule has 0 aromatic carbocycles. The Morgan fingerprint density at radius 2 is 1.33 bits per heavy atom. The lowest BCUT2D eigenvalue weighted by molar-refractivity contribution is -0.136. The van der Waals surface area contributed by atoms with Crippen molar-refractivity contribution in [1.29, 1.82) is 0 Å². The van der Waals surface area contributed by atoms with E-state index in [1.165, 1.54) is 71.3 Å². The van der Waals surface area contributed by atoms with Crippen LogP contribution in [0.1, 0.15) is 90.4 Å². The van der Waals surface area contributed by atoms with Gasteiger partial charge in [0.25, 0.3) is 0 Å². The van der Waals surface area contributed by atoms with Gasteiger partial charge >= 0.3 is 5.97 Å². The molecule has 0 N–H and O–H groups in total. The Morgan fingerprint density at radius 1 is 0.875 bits per heavy atom. The first-order chi connectivity index (χ1) is 11.5. The maximum absolute atomic E-state index is 11.2. The molecule has 0 aromatic rings. The van der Waals surface area contributed by atoms with Crippen LogP contribution in [-0.4, -0.2) is 22.7 Å².